The predicted octanol–water partition coefficient (Wildman–Crippen LogP) is 7.97. The number of carbonyl (C=O) groups excluding carboxylic acids is 2. The van der Waals surface area contributed by atoms with Crippen molar-refractivity contribution >= 4 is 22.9 Å². The summed E-state index contributed by atoms with van der Waals surface area (Å²) in [6.45, 7) is 1.89. The van der Waals surface area contributed by atoms with Crippen molar-refractivity contribution < 1.29 is 32.6 Å². The molecule has 0 saturated heterocycles. The molecule has 0 radical (unpaired) electrons. The highest BCUT2D eigenvalue weighted by molar-refractivity contribution is 7.12. The van der Waals surface area contributed by atoms with Gasteiger partial charge in [0, 0.05) is 34.4 Å². The molecule has 1 heterocycles. The van der Waals surface area contributed by atoms with Crippen LogP contribution in [0.25, 0.3) is 11.1 Å². The molecule has 0 fully saturated rings. The number of alkyl halides is 3. The number of aryl methyl sites for hydroxylation is 3. The van der Waals surface area contributed by atoms with Crippen LogP contribution >= 0.6 is 11.3 Å². The van der Waals surface area contributed by atoms with Crippen LogP contribution in [0.5, 0.6) is 11.5 Å². The van der Waals surface area contributed by atoms with Gasteiger partial charge in [-0.05, 0) is 78.4 Å². The number of phenolic OH excluding ortho intramolecular Hbond substituents is 1. The van der Waals surface area contributed by atoms with Crippen LogP contribution in [0.15, 0.2) is 66.7 Å². The van der Waals surface area contributed by atoms with Gasteiger partial charge < -0.3 is 9.84 Å². The number of aromatic hydroxyl groups is 1. The van der Waals surface area contributed by atoms with E-state index in [9.17, 15) is 22.8 Å². The first-order valence-electron chi connectivity index (χ1n) is 12.5. The minimum atomic E-state index is -4.42. The zero-order chi connectivity index (χ0) is 27.7. The van der Waals surface area contributed by atoms with Gasteiger partial charge in [0.1, 0.15) is 23.0 Å². The number of hydrogen-bond acceptors (Lipinski definition) is 5. The molecule has 2 aliphatic carbocycles. The summed E-state index contributed by atoms with van der Waals surface area (Å²) in [5, 5.41) is 9.07. The van der Waals surface area contributed by atoms with Crippen LogP contribution in [0.1, 0.15) is 60.0 Å². The Hall–Kier alpha value is -3.91. The maximum Gasteiger partial charge on any atom is 0.426 e. The summed E-state index contributed by atoms with van der Waals surface area (Å²) in [5.74, 6) is 1.18. The van der Waals surface area contributed by atoms with E-state index < -0.39 is 11.1 Å². The van der Waals surface area contributed by atoms with Crippen molar-refractivity contribution in [3.63, 3.8) is 0 Å². The van der Waals surface area contributed by atoms with Crippen molar-refractivity contribution in [3.8, 4) is 22.6 Å². The summed E-state index contributed by atoms with van der Waals surface area (Å²) in [5.41, 5.74) is 4.95. The Kier molecular flexibility index (Phi) is 7.32. The third-order valence-electron chi connectivity index (χ3n) is 6.83. The molecule has 8 heteroatoms. The number of fused-ring (bicyclic) bond motifs is 2. The van der Waals surface area contributed by atoms with Crippen molar-refractivity contribution in [2.75, 3.05) is 0 Å². The normalized spacial score (nSPS) is 14.1. The summed E-state index contributed by atoms with van der Waals surface area (Å²) in [7, 11) is 0. The van der Waals surface area contributed by atoms with E-state index in [1.54, 1.807) is 54.6 Å². The molecule has 2 aliphatic rings. The maximum atomic E-state index is 13.5. The molecule has 39 heavy (non-hydrogen) atoms. The number of carbonyl (C=O) groups is 2. The molecule has 6 rings (SSSR count). The van der Waals surface area contributed by atoms with Gasteiger partial charge in [0.2, 0.25) is 0 Å². The number of rotatable bonds is 4. The number of thiophene rings is 1. The quantitative estimate of drug-likeness (QED) is 0.280. The average Bonchev–Trinajstić information content (AvgIpc) is 3.61. The van der Waals surface area contributed by atoms with Crippen LogP contribution in [-0.4, -0.2) is 16.7 Å². The van der Waals surface area contributed by atoms with E-state index in [4.69, 9.17) is 9.84 Å². The molecular weight excluding hydrogens is 525 g/mol. The minimum absolute atomic E-state index is 0.0498. The Morgan fingerprint density at radius 3 is 2.18 bits per heavy atom. The molecule has 1 aromatic heterocycles. The van der Waals surface area contributed by atoms with Crippen molar-refractivity contribution in [3.05, 3.63) is 104 Å². The van der Waals surface area contributed by atoms with Crippen LogP contribution in [-0.2, 0) is 25.6 Å². The van der Waals surface area contributed by atoms with Gasteiger partial charge in [0.25, 0.3) is 0 Å². The molecule has 4 nitrogen and oxygen atoms in total. The van der Waals surface area contributed by atoms with Crippen LogP contribution in [0.3, 0.4) is 0 Å². The number of ether oxygens (including phenoxy) is 1. The smallest absolute Gasteiger partial charge is 0.426 e. The molecule has 0 saturated carbocycles. The lowest BCUT2D eigenvalue weighted by atomic mass is 10.1. The molecule has 0 unspecified atom stereocenters. The molecule has 200 valence electrons. The van der Waals surface area contributed by atoms with Gasteiger partial charge in [-0.1, -0.05) is 30.3 Å². The molecule has 1 N–H and O–H groups in total. The second kappa shape index (κ2) is 10.7. The van der Waals surface area contributed by atoms with Gasteiger partial charge >= 0.3 is 6.18 Å². The summed E-state index contributed by atoms with van der Waals surface area (Å²) in [6, 6.07) is 18.7. The fourth-order valence-corrected chi connectivity index (χ4v) is 5.84. The molecule has 0 bridgehead atoms. The van der Waals surface area contributed by atoms with E-state index in [-0.39, 0.29) is 29.5 Å². The van der Waals surface area contributed by atoms with Crippen molar-refractivity contribution in [1.29, 1.82) is 0 Å². The lowest BCUT2D eigenvalue weighted by molar-refractivity contribution is -0.133. The van der Waals surface area contributed by atoms with Gasteiger partial charge in [-0.2, -0.15) is 13.2 Å². The standard InChI is InChI=1S/C22H17F3O2S.C9H8O2/c1-13-9-17-15(7-8-19(17)26)10-20(13)27-12-16-11-18(14-5-3-2-4-6-14)21(28-16)22(23,24)25;10-7-2-3-8-6(5-7)1-4-9(8)11/h2-6,9-11H,7-8,12H2,1H3;2-3,5,10H,1,4H2. The Labute approximate surface area is 227 Å². The van der Waals surface area contributed by atoms with Crippen molar-refractivity contribution in [2.45, 2.75) is 45.4 Å². The van der Waals surface area contributed by atoms with E-state index in [1.807, 2.05) is 19.1 Å². The van der Waals surface area contributed by atoms with Gasteiger partial charge in [-0.3, -0.25) is 9.59 Å². The second-order valence-electron chi connectivity index (χ2n) is 9.57. The Balaban J connectivity index is 0.000000233. The van der Waals surface area contributed by atoms with E-state index in [2.05, 4.69) is 0 Å². The van der Waals surface area contributed by atoms with Crippen LogP contribution in [0.2, 0.25) is 0 Å². The van der Waals surface area contributed by atoms with Gasteiger partial charge in [0.05, 0.1) is 0 Å². The summed E-state index contributed by atoms with van der Waals surface area (Å²) < 4.78 is 46.3. The van der Waals surface area contributed by atoms with Crippen molar-refractivity contribution in [1.82, 2.24) is 0 Å². The molecular formula is C31H25F3O4S. The summed E-state index contributed by atoms with van der Waals surface area (Å²) in [6.07, 6.45) is -1.86. The topological polar surface area (TPSA) is 63.6 Å². The Morgan fingerprint density at radius 1 is 0.821 bits per heavy atom. The highest BCUT2D eigenvalue weighted by atomic mass is 32.1. The number of phenols is 1. The highest BCUT2D eigenvalue weighted by Gasteiger charge is 2.36. The fraction of sp³-hybridized carbons (Fsp3) is 0.226. The summed E-state index contributed by atoms with van der Waals surface area (Å²) >= 11 is 0.708. The SMILES string of the molecule is Cc1cc2c(cc1OCc1cc(-c3ccccc3)c(C(F)(F)F)s1)CCC2=O.O=C1CCc2cc(O)ccc21. The van der Waals surface area contributed by atoms with E-state index in [0.29, 0.717) is 46.8 Å². The first-order valence-corrected chi connectivity index (χ1v) is 13.3. The monoisotopic (exact) mass is 550 g/mol. The van der Waals surface area contributed by atoms with Gasteiger partial charge in [-0.15, -0.1) is 11.3 Å². The molecule has 0 aliphatic heterocycles. The van der Waals surface area contributed by atoms with Crippen LogP contribution in [0, 0.1) is 6.92 Å². The third kappa shape index (κ3) is 5.76. The highest BCUT2D eigenvalue weighted by Crippen LogP contribution is 2.43. The number of hydrogen-bond donors (Lipinski definition) is 1. The van der Waals surface area contributed by atoms with Crippen LogP contribution < -0.4 is 4.74 Å². The second-order valence-corrected chi connectivity index (χ2v) is 10.7. The first-order chi connectivity index (χ1) is 18.6. The fourth-order valence-electron chi connectivity index (χ4n) is 4.88. The minimum Gasteiger partial charge on any atom is -0.508 e. The van der Waals surface area contributed by atoms with Crippen LogP contribution in [0.4, 0.5) is 13.2 Å². The Morgan fingerprint density at radius 2 is 1.49 bits per heavy atom. The molecule has 3 aromatic carbocycles. The average molecular weight is 551 g/mol. The summed E-state index contributed by atoms with van der Waals surface area (Å²) in [4.78, 5) is 22.8. The van der Waals surface area contributed by atoms with E-state index in [0.717, 1.165) is 34.2 Å². The number of halogens is 3. The van der Waals surface area contributed by atoms with Gasteiger partial charge in [-0.25, -0.2) is 0 Å². The third-order valence-corrected chi connectivity index (χ3v) is 7.98. The van der Waals surface area contributed by atoms with E-state index in [1.165, 1.54) is 0 Å². The zero-order valence-corrected chi connectivity index (χ0v) is 21.9. The lowest BCUT2D eigenvalue weighted by Gasteiger charge is -2.10. The van der Waals surface area contributed by atoms with E-state index >= 15 is 0 Å². The number of Topliss-reactive ketones (excluding diaryl/α,β-unsaturated/α-hetero) is 2. The zero-order valence-electron chi connectivity index (χ0n) is 21.1. The van der Waals surface area contributed by atoms with Crippen molar-refractivity contribution in [2.24, 2.45) is 0 Å². The molecule has 0 spiro atoms. The maximum absolute atomic E-state index is 13.5. The largest absolute Gasteiger partial charge is 0.508 e. The Bertz CT molecular complexity index is 1550. The first kappa shape index (κ1) is 26.7. The molecule has 0 amide bonds. The van der Waals surface area contributed by atoms with Gasteiger partial charge in [0.15, 0.2) is 11.6 Å². The number of benzene rings is 3. The molecule has 0 atom stereocenters. The number of ketones is 2. The lowest BCUT2D eigenvalue weighted by Crippen LogP contribution is -2.03. The predicted molar refractivity (Wildman–Crippen MR) is 144 cm³/mol. The molecule has 4 aromatic rings.